The molecule has 0 unspecified atom stereocenters. The van der Waals surface area contributed by atoms with Gasteiger partial charge in [0.05, 0.1) is 0 Å². The van der Waals surface area contributed by atoms with E-state index in [2.05, 4.69) is 34.4 Å². The second kappa shape index (κ2) is 7.72. The molecule has 2 aromatic rings. The van der Waals surface area contributed by atoms with Crippen molar-refractivity contribution in [3.05, 3.63) is 41.7 Å². The highest BCUT2D eigenvalue weighted by atomic mass is 16.1. The number of carbonyl (C=O) groups is 1. The summed E-state index contributed by atoms with van der Waals surface area (Å²) >= 11 is 0. The summed E-state index contributed by atoms with van der Waals surface area (Å²) in [5, 5.41) is 6.56. The van der Waals surface area contributed by atoms with Gasteiger partial charge in [-0.1, -0.05) is 26.0 Å². The average Bonchev–Trinajstić information content (AvgIpc) is 2.46. The smallest absolute Gasteiger partial charge is 0.159 e. The Bertz CT molecular complexity index is 682. The van der Waals surface area contributed by atoms with Crippen LogP contribution in [0.1, 0.15) is 43.4 Å². The Morgan fingerprint density at radius 1 is 1.17 bits per heavy atom. The SMILES string of the molecule is CC(=O)c1cccc(Nc2cc(NCCC(C)C)nc(C)n2)c1. The third-order valence-corrected chi connectivity index (χ3v) is 3.41. The summed E-state index contributed by atoms with van der Waals surface area (Å²) < 4.78 is 0. The van der Waals surface area contributed by atoms with E-state index in [1.165, 1.54) is 0 Å². The minimum Gasteiger partial charge on any atom is -0.370 e. The van der Waals surface area contributed by atoms with Gasteiger partial charge in [0.1, 0.15) is 17.5 Å². The second-order valence-corrected chi connectivity index (χ2v) is 6.06. The van der Waals surface area contributed by atoms with E-state index in [9.17, 15) is 4.79 Å². The molecule has 0 aliphatic rings. The molecule has 0 bridgehead atoms. The molecule has 0 atom stereocenters. The van der Waals surface area contributed by atoms with Crippen molar-refractivity contribution in [3.63, 3.8) is 0 Å². The van der Waals surface area contributed by atoms with Crippen LogP contribution in [0.3, 0.4) is 0 Å². The van der Waals surface area contributed by atoms with Gasteiger partial charge in [0.2, 0.25) is 0 Å². The van der Waals surface area contributed by atoms with Gasteiger partial charge in [0.25, 0.3) is 0 Å². The Balaban J connectivity index is 2.12. The van der Waals surface area contributed by atoms with Gasteiger partial charge < -0.3 is 10.6 Å². The molecule has 5 nitrogen and oxygen atoms in total. The lowest BCUT2D eigenvalue weighted by atomic mass is 10.1. The Hall–Kier alpha value is -2.43. The molecule has 2 rings (SSSR count). The van der Waals surface area contributed by atoms with Gasteiger partial charge >= 0.3 is 0 Å². The number of aromatic nitrogens is 2. The van der Waals surface area contributed by atoms with Crippen molar-refractivity contribution in [1.82, 2.24) is 9.97 Å². The summed E-state index contributed by atoms with van der Waals surface area (Å²) in [5.74, 6) is 2.92. The first-order valence-electron chi connectivity index (χ1n) is 7.91. The topological polar surface area (TPSA) is 66.9 Å². The molecule has 0 saturated heterocycles. The van der Waals surface area contributed by atoms with Crippen molar-refractivity contribution in [3.8, 4) is 0 Å². The van der Waals surface area contributed by atoms with Crippen LogP contribution in [0.5, 0.6) is 0 Å². The number of hydrogen-bond donors (Lipinski definition) is 2. The van der Waals surface area contributed by atoms with Gasteiger partial charge in [-0.05, 0) is 38.3 Å². The Morgan fingerprint density at radius 2 is 1.91 bits per heavy atom. The summed E-state index contributed by atoms with van der Waals surface area (Å²) in [6, 6.07) is 9.28. The molecule has 1 aromatic heterocycles. The van der Waals surface area contributed by atoms with Gasteiger partial charge in [0.15, 0.2) is 5.78 Å². The first-order valence-corrected chi connectivity index (χ1v) is 7.91. The third kappa shape index (κ3) is 5.36. The van der Waals surface area contributed by atoms with Crippen LogP contribution in [-0.2, 0) is 0 Å². The minimum atomic E-state index is 0.0450. The van der Waals surface area contributed by atoms with Gasteiger partial charge in [-0.15, -0.1) is 0 Å². The molecule has 5 heteroatoms. The maximum atomic E-state index is 11.5. The van der Waals surface area contributed by atoms with E-state index in [0.717, 1.165) is 24.5 Å². The van der Waals surface area contributed by atoms with Crippen molar-refractivity contribution in [2.24, 2.45) is 5.92 Å². The number of nitrogens with one attached hydrogen (secondary N) is 2. The molecule has 0 radical (unpaired) electrons. The standard InChI is InChI=1S/C18H24N4O/c1-12(2)8-9-19-17-11-18(21-14(4)20-17)22-16-7-5-6-15(10-16)13(3)23/h5-7,10-12H,8-9H2,1-4H3,(H2,19,20,21,22). The summed E-state index contributed by atoms with van der Waals surface area (Å²) in [6.45, 7) is 8.70. The van der Waals surface area contributed by atoms with Gasteiger partial charge in [-0.2, -0.15) is 0 Å². The van der Waals surface area contributed by atoms with Crippen molar-refractivity contribution < 1.29 is 4.79 Å². The van der Waals surface area contributed by atoms with Crippen LogP contribution >= 0.6 is 0 Å². The Morgan fingerprint density at radius 3 is 2.61 bits per heavy atom. The van der Waals surface area contributed by atoms with E-state index in [0.29, 0.717) is 23.1 Å². The first-order chi connectivity index (χ1) is 10.9. The van der Waals surface area contributed by atoms with Gasteiger partial charge in [-0.25, -0.2) is 9.97 Å². The van der Waals surface area contributed by atoms with Crippen molar-refractivity contribution in [1.29, 1.82) is 0 Å². The summed E-state index contributed by atoms with van der Waals surface area (Å²) in [7, 11) is 0. The fourth-order valence-corrected chi connectivity index (χ4v) is 2.18. The Kier molecular flexibility index (Phi) is 5.68. The van der Waals surface area contributed by atoms with Crippen LogP contribution in [0, 0.1) is 12.8 Å². The van der Waals surface area contributed by atoms with Gasteiger partial charge in [-0.3, -0.25) is 4.79 Å². The predicted molar refractivity (Wildman–Crippen MR) is 94.4 cm³/mol. The largest absolute Gasteiger partial charge is 0.370 e. The molecule has 1 aromatic carbocycles. The number of aryl methyl sites for hydroxylation is 1. The molecular formula is C18H24N4O. The lowest BCUT2D eigenvalue weighted by molar-refractivity contribution is 0.101. The summed E-state index contributed by atoms with van der Waals surface area (Å²) in [6.07, 6.45) is 1.09. The highest BCUT2D eigenvalue weighted by Gasteiger charge is 2.05. The minimum absolute atomic E-state index is 0.0450. The number of anilines is 3. The zero-order valence-corrected chi connectivity index (χ0v) is 14.2. The van der Waals surface area contributed by atoms with Crippen molar-refractivity contribution >= 4 is 23.1 Å². The van der Waals surface area contributed by atoms with Crippen molar-refractivity contribution in [2.75, 3.05) is 17.2 Å². The molecule has 1 heterocycles. The zero-order valence-electron chi connectivity index (χ0n) is 14.2. The fourth-order valence-electron chi connectivity index (χ4n) is 2.18. The van der Waals surface area contributed by atoms with E-state index >= 15 is 0 Å². The first kappa shape index (κ1) is 16.9. The van der Waals surface area contributed by atoms with Crippen LogP contribution in [-0.4, -0.2) is 22.3 Å². The van der Waals surface area contributed by atoms with E-state index < -0.39 is 0 Å². The van der Waals surface area contributed by atoms with Crippen LogP contribution in [0.15, 0.2) is 30.3 Å². The molecular weight excluding hydrogens is 288 g/mol. The third-order valence-electron chi connectivity index (χ3n) is 3.41. The van der Waals surface area contributed by atoms with Gasteiger partial charge in [0, 0.05) is 23.9 Å². The molecule has 0 saturated carbocycles. The van der Waals surface area contributed by atoms with E-state index in [-0.39, 0.29) is 5.78 Å². The molecule has 0 spiro atoms. The van der Waals surface area contributed by atoms with Crippen LogP contribution < -0.4 is 10.6 Å². The molecule has 2 N–H and O–H groups in total. The summed E-state index contributed by atoms with van der Waals surface area (Å²) in [5.41, 5.74) is 1.51. The number of benzene rings is 1. The number of ketones is 1. The molecule has 0 fully saturated rings. The maximum Gasteiger partial charge on any atom is 0.159 e. The van der Waals surface area contributed by atoms with E-state index in [4.69, 9.17) is 0 Å². The van der Waals surface area contributed by atoms with Crippen LogP contribution in [0.25, 0.3) is 0 Å². The Labute approximate surface area is 137 Å². The normalized spacial score (nSPS) is 10.7. The lowest BCUT2D eigenvalue weighted by Gasteiger charge is -2.11. The monoisotopic (exact) mass is 312 g/mol. The molecule has 0 aliphatic heterocycles. The number of rotatable bonds is 7. The number of carbonyl (C=O) groups excluding carboxylic acids is 1. The number of Topliss-reactive ketones (excluding diaryl/α,β-unsaturated/α-hetero) is 1. The lowest BCUT2D eigenvalue weighted by Crippen LogP contribution is -2.08. The predicted octanol–water partition coefficient (Wildman–Crippen LogP) is 4.19. The zero-order chi connectivity index (χ0) is 16.8. The molecule has 23 heavy (non-hydrogen) atoms. The second-order valence-electron chi connectivity index (χ2n) is 6.06. The highest BCUT2D eigenvalue weighted by Crippen LogP contribution is 2.19. The fraction of sp³-hybridized carbons (Fsp3) is 0.389. The van der Waals surface area contributed by atoms with E-state index in [1.54, 1.807) is 13.0 Å². The number of nitrogens with zero attached hydrogens (tertiary/aromatic N) is 2. The van der Waals surface area contributed by atoms with Crippen LogP contribution in [0.4, 0.5) is 17.3 Å². The van der Waals surface area contributed by atoms with Crippen molar-refractivity contribution in [2.45, 2.75) is 34.1 Å². The molecule has 122 valence electrons. The average molecular weight is 312 g/mol. The summed E-state index contributed by atoms with van der Waals surface area (Å²) in [4.78, 5) is 20.3. The number of hydrogen-bond acceptors (Lipinski definition) is 5. The quantitative estimate of drug-likeness (QED) is 0.750. The molecule has 0 amide bonds. The molecule has 0 aliphatic carbocycles. The van der Waals surface area contributed by atoms with E-state index in [1.807, 2.05) is 31.2 Å². The highest BCUT2D eigenvalue weighted by molar-refractivity contribution is 5.95. The maximum absolute atomic E-state index is 11.5. The van der Waals surface area contributed by atoms with Crippen LogP contribution in [0.2, 0.25) is 0 Å².